The van der Waals surface area contributed by atoms with Crippen LogP contribution < -0.4 is 9.64 Å². The second kappa shape index (κ2) is 6.77. The molecule has 0 bridgehead atoms. The molecule has 0 aliphatic carbocycles. The Balaban J connectivity index is 1.59. The van der Waals surface area contributed by atoms with Gasteiger partial charge in [-0.25, -0.2) is 4.98 Å². The minimum atomic E-state index is -0.244. The number of nitrogens with one attached hydrogen (secondary N) is 1. The van der Waals surface area contributed by atoms with Gasteiger partial charge in [-0.3, -0.25) is 14.4 Å². The lowest BCUT2D eigenvalue weighted by molar-refractivity contribution is 0.0988. The average Bonchev–Trinajstić information content (AvgIpc) is 3.41. The quantitative estimate of drug-likeness (QED) is 0.565. The fraction of sp³-hybridized carbons (Fsp3) is 0.227. The molecule has 2 aromatic heterocycles. The van der Waals surface area contributed by atoms with Crippen molar-refractivity contribution >= 4 is 22.6 Å². The van der Waals surface area contributed by atoms with Crippen LogP contribution in [0.25, 0.3) is 11.0 Å². The van der Waals surface area contributed by atoms with Gasteiger partial charge in [-0.05, 0) is 42.3 Å². The number of H-pyrrole nitrogens is 1. The number of carbonyl (C=O) groups is 1. The zero-order chi connectivity index (χ0) is 20.0. The van der Waals surface area contributed by atoms with Crippen LogP contribution in [0.15, 0.2) is 55.0 Å². The summed E-state index contributed by atoms with van der Waals surface area (Å²) in [4.78, 5) is 22.5. The van der Waals surface area contributed by atoms with E-state index < -0.39 is 0 Å². The number of hydrogen-bond donors (Lipinski definition) is 1. The van der Waals surface area contributed by atoms with Crippen LogP contribution in [0.4, 0.5) is 5.69 Å². The Morgan fingerprint density at radius 3 is 2.79 bits per heavy atom. The number of anilines is 1. The fourth-order valence-electron chi connectivity index (χ4n) is 3.88. The molecule has 0 unspecified atom stereocenters. The van der Waals surface area contributed by atoms with Crippen molar-refractivity contribution in [2.45, 2.75) is 19.4 Å². The number of amides is 1. The molecule has 4 aromatic rings. The van der Waals surface area contributed by atoms with E-state index in [9.17, 15) is 4.79 Å². The molecule has 0 saturated carbocycles. The Hall–Kier alpha value is -3.61. The molecule has 1 aliphatic heterocycles. The summed E-state index contributed by atoms with van der Waals surface area (Å²) < 4.78 is 7.41. The molecule has 1 N–H and O–H groups in total. The highest BCUT2D eigenvalue weighted by Crippen LogP contribution is 2.41. The number of aromatic amines is 1. The van der Waals surface area contributed by atoms with Gasteiger partial charge in [0.2, 0.25) is 0 Å². The van der Waals surface area contributed by atoms with Gasteiger partial charge < -0.3 is 9.72 Å². The van der Waals surface area contributed by atoms with Gasteiger partial charge in [0, 0.05) is 24.5 Å². The minimum Gasteiger partial charge on any atom is -0.494 e. The van der Waals surface area contributed by atoms with Crippen LogP contribution in [0.2, 0.25) is 0 Å². The fourth-order valence-corrected chi connectivity index (χ4v) is 3.88. The highest BCUT2D eigenvalue weighted by molar-refractivity contribution is 6.11. The summed E-state index contributed by atoms with van der Waals surface area (Å²) in [6, 6.07) is 13.5. The first-order valence-corrected chi connectivity index (χ1v) is 9.68. The Morgan fingerprint density at radius 1 is 1.17 bits per heavy atom. The van der Waals surface area contributed by atoms with Crippen LogP contribution in [-0.4, -0.2) is 32.3 Å². The summed E-state index contributed by atoms with van der Waals surface area (Å²) in [5.74, 6) is 0.729. The van der Waals surface area contributed by atoms with Gasteiger partial charge in [0.25, 0.3) is 5.91 Å². The van der Waals surface area contributed by atoms with E-state index >= 15 is 0 Å². The number of aryl methyl sites for hydroxylation is 1. The molecule has 1 atom stereocenters. The standard InChI is InChI=1S/C22H21N5O2/c1-3-10-29-16-7-4-14(5-8-16)21-17-12-26(2)25-20(17)22(28)27(21)15-6-9-18-19(11-15)24-13-23-18/h4-9,11-13,21H,3,10H2,1-2H3,(H,23,24)/t21-/m0/s1. The van der Waals surface area contributed by atoms with Gasteiger partial charge >= 0.3 is 0 Å². The molecule has 3 heterocycles. The SMILES string of the molecule is CCCOc1ccc([C@H]2c3cn(C)nc3C(=O)N2c2ccc3nc[nH]c3c2)cc1. The molecular weight excluding hydrogens is 366 g/mol. The van der Waals surface area contributed by atoms with Crippen molar-refractivity contribution in [2.24, 2.45) is 7.05 Å². The van der Waals surface area contributed by atoms with E-state index in [-0.39, 0.29) is 11.9 Å². The minimum absolute atomic E-state index is 0.101. The van der Waals surface area contributed by atoms with Gasteiger partial charge in [0.05, 0.1) is 30.0 Å². The Bertz CT molecular complexity index is 1190. The van der Waals surface area contributed by atoms with Crippen molar-refractivity contribution in [1.82, 2.24) is 19.7 Å². The molecule has 1 aliphatic rings. The van der Waals surface area contributed by atoms with Crippen LogP contribution in [0.3, 0.4) is 0 Å². The van der Waals surface area contributed by atoms with Crippen molar-refractivity contribution < 1.29 is 9.53 Å². The smallest absolute Gasteiger partial charge is 0.279 e. The Labute approximate surface area is 167 Å². The van der Waals surface area contributed by atoms with E-state index in [1.807, 2.05) is 55.7 Å². The largest absolute Gasteiger partial charge is 0.494 e. The van der Waals surface area contributed by atoms with Crippen molar-refractivity contribution in [3.63, 3.8) is 0 Å². The summed E-state index contributed by atoms with van der Waals surface area (Å²) >= 11 is 0. The number of imidazole rings is 1. The molecule has 0 saturated heterocycles. The van der Waals surface area contributed by atoms with E-state index in [2.05, 4.69) is 22.0 Å². The topological polar surface area (TPSA) is 76.0 Å². The monoisotopic (exact) mass is 387 g/mol. The third-order valence-electron chi connectivity index (χ3n) is 5.18. The average molecular weight is 387 g/mol. The van der Waals surface area contributed by atoms with Crippen molar-refractivity contribution in [2.75, 3.05) is 11.5 Å². The van der Waals surface area contributed by atoms with E-state index in [0.29, 0.717) is 12.3 Å². The molecule has 0 radical (unpaired) electrons. The Morgan fingerprint density at radius 2 is 2.00 bits per heavy atom. The van der Waals surface area contributed by atoms with E-state index in [1.165, 1.54) is 0 Å². The lowest BCUT2D eigenvalue weighted by Gasteiger charge is -2.26. The second-order valence-electron chi connectivity index (χ2n) is 7.21. The first kappa shape index (κ1) is 17.5. The summed E-state index contributed by atoms with van der Waals surface area (Å²) in [5.41, 5.74) is 4.98. The summed E-state index contributed by atoms with van der Waals surface area (Å²) in [7, 11) is 1.84. The van der Waals surface area contributed by atoms with Crippen molar-refractivity contribution in [1.29, 1.82) is 0 Å². The zero-order valence-electron chi connectivity index (χ0n) is 16.3. The van der Waals surface area contributed by atoms with Gasteiger partial charge in [-0.15, -0.1) is 0 Å². The normalized spacial score (nSPS) is 15.9. The maximum absolute atomic E-state index is 13.3. The Kier molecular flexibility index (Phi) is 4.08. The molecule has 5 rings (SSSR count). The van der Waals surface area contributed by atoms with E-state index in [1.54, 1.807) is 15.9 Å². The number of fused-ring (bicyclic) bond motifs is 2. The summed E-state index contributed by atoms with van der Waals surface area (Å²) in [5, 5.41) is 4.41. The highest BCUT2D eigenvalue weighted by Gasteiger charge is 2.41. The summed E-state index contributed by atoms with van der Waals surface area (Å²) in [6.45, 7) is 2.77. The number of hydrogen-bond acceptors (Lipinski definition) is 4. The number of aromatic nitrogens is 4. The van der Waals surface area contributed by atoms with Crippen LogP contribution in [0, 0.1) is 0 Å². The third kappa shape index (κ3) is 2.86. The van der Waals surface area contributed by atoms with E-state index in [4.69, 9.17) is 4.74 Å². The van der Waals surface area contributed by atoms with Crippen molar-refractivity contribution in [3.05, 3.63) is 71.8 Å². The number of carbonyl (C=O) groups excluding carboxylic acids is 1. The van der Waals surface area contributed by atoms with Gasteiger partial charge in [0.1, 0.15) is 5.75 Å². The second-order valence-corrected chi connectivity index (χ2v) is 7.21. The molecule has 1 amide bonds. The predicted octanol–water partition coefficient (Wildman–Crippen LogP) is 3.84. The lowest BCUT2D eigenvalue weighted by Crippen LogP contribution is -2.29. The predicted molar refractivity (Wildman–Crippen MR) is 110 cm³/mol. The van der Waals surface area contributed by atoms with Crippen molar-refractivity contribution in [3.8, 4) is 5.75 Å². The molecule has 29 heavy (non-hydrogen) atoms. The maximum Gasteiger partial charge on any atom is 0.279 e. The van der Waals surface area contributed by atoms with Gasteiger partial charge in [-0.1, -0.05) is 19.1 Å². The molecule has 146 valence electrons. The number of ether oxygens (including phenoxy) is 1. The molecular formula is C22H21N5O2. The number of nitrogens with zero attached hydrogens (tertiary/aromatic N) is 4. The van der Waals surface area contributed by atoms with Crippen LogP contribution in [0.1, 0.15) is 41.0 Å². The lowest BCUT2D eigenvalue weighted by atomic mass is 10.0. The van der Waals surface area contributed by atoms with Gasteiger partial charge in [-0.2, -0.15) is 5.10 Å². The number of rotatable bonds is 5. The third-order valence-corrected chi connectivity index (χ3v) is 5.18. The first-order chi connectivity index (χ1) is 14.2. The molecule has 2 aromatic carbocycles. The number of benzene rings is 2. The first-order valence-electron chi connectivity index (χ1n) is 9.68. The molecule has 0 fully saturated rings. The molecule has 7 heteroatoms. The van der Waals surface area contributed by atoms with Crippen LogP contribution in [-0.2, 0) is 7.05 Å². The molecule has 0 spiro atoms. The summed E-state index contributed by atoms with van der Waals surface area (Å²) in [6.07, 6.45) is 4.54. The van der Waals surface area contributed by atoms with Gasteiger partial charge in [0.15, 0.2) is 5.69 Å². The maximum atomic E-state index is 13.3. The van der Waals surface area contributed by atoms with Crippen LogP contribution >= 0.6 is 0 Å². The van der Waals surface area contributed by atoms with Crippen LogP contribution in [0.5, 0.6) is 5.75 Å². The van der Waals surface area contributed by atoms with E-state index in [0.717, 1.165) is 40.0 Å². The molecule has 7 nitrogen and oxygen atoms in total. The zero-order valence-corrected chi connectivity index (χ0v) is 16.3. The highest BCUT2D eigenvalue weighted by atomic mass is 16.5.